The van der Waals surface area contributed by atoms with Gasteiger partial charge in [0, 0.05) is 5.56 Å². The summed E-state index contributed by atoms with van der Waals surface area (Å²) in [7, 11) is 0. The molecule has 0 spiro atoms. The Labute approximate surface area is 124 Å². The number of benzene rings is 2. The molecule has 0 saturated heterocycles. The largest absolute Gasteiger partial charge is 0.489 e. The van der Waals surface area contributed by atoms with Crippen molar-refractivity contribution >= 4 is 0 Å². The Hall–Kier alpha value is -2.67. The maximum atomic E-state index is 10.8. The molecule has 1 atom stereocenters. The summed E-state index contributed by atoms with van der Waals surface area (Å²) in [5.41, 5.74) is 2.53. The van der Waals surface area contributed by atoms with Crippen LogP contribution in [0.3, 0.4) is 0 Å². The summed E-state index contributed by atoms with van der Waals surface area (Å²) in [5, 5.41) is 11.8. The van der Waals surface area contributed by atoms with E-state index in [1.54, 1.807) is 12.1 Å². The van der Waals surface area contributed by atoms with E-state index >= 15 is 0 Å². The number of para-hydroxylation sites is 1. The van der Waals surface area contributed by atoms with Gasteiger partial charge in [0.2, 0.25) is 6.04 Å². The lowest BCUT2D eigenvalue weighted by atomic mass is 10.0. The van der Waals surface area contributed by atoms with E-state index < -0.39 is 6.04 Å². The fourth-order valence-corrected chi connectivity index (χ4v) is 2.17. The number of nitrogens with zero attached hydrogens (tertiary/aromatic N) is 2. The fraction of sp³-hybridized carbons (Fsp3) is 0.235. The Morgan fingerprint density at radius 2 is 1.81 bits per heavy atom. The highest BCUT2D eigenvalue weighted by Gasteiger charge is 2.15. The Bertz CT molecular complexity index is 662. The summed E-state index contributed by atoms with van der Waals surface area (Å²) in [4.78, 5) is 10.8. The Morgan fingerprint density at radius 3 is 2.48 bits per heavy atom. The van der Waals surface area contributed by atoms with Crippen LogP contribution >= 0.6 is 0 Å². The molecule has 1 unspecified atom stereocenters. The molecule has 0 aromatic heterocycles. The molecular formula is C17H16N2O2. The van der Waals surface area contributed by atoms with Crippen molar-refractivity contribution in [1.82, 2.24) is 0 Å². The second-order valence-electron chi connectivity index (χ2n) is 4.59. The first-order chi connectivity index (χ1) is 10.3. The van der Waals surface area contributed by atoms with Crippen LogP contribution in [0.15, 0.2) is 53.7 Å². The molecule has 0 amide bonds. The molecule has 0 aliphatic carbocycles. The van der Waals surface area contributed by atoms with Crippen LogP contribution in [0, 0.1) is 16.2 Å². The molecule has 106 valence electrons. The van der Waals surface area contributed by atoms with Gasteiger partial charge in [-0.1, -0.05) is 49.4 Å². The molecule has 0 N–H and O–H groups in total. The number of hydrogen-bond acceptors (Lipinski definition) is 4. The summed E-state index contributed by atoms with van der Waals surface area (Å²) < 4.78 is 5.84. The van der Waals surface area contributed by atoms with E-state index in [9.17, 15) is 4.91 Å². The van der Waals surface area contributed by atoms with Crippen LogP contribution in [0.5, 0.6) is 5.75 Å². The van der Waals surface area contributed by atoms with E-state index in [0.717, 1.165) is 23.3 Å². The maximum absolute atomic E-state index is 10.8. The van der Waals surface area contributed by atoms with Crippen LogP contribution in [0.2, 0.25) is 0 Å². The van der Waals surface area contributed by atoms with Gasteiger partial charge in [-0.3, -0.25) is 0 Å². The van der Waals surface area contributed by atoms with Gasteiger partial charge in [0.1, 0.15) is 12.4 Å². The maximum Gasteiger partial charge on any atom is 0.203 e. The minimum atomic E-state index is -0.994. The lowest BCUT2D eigenvalue weighted by molar-refractivity contribution is 0.301. The second-order valence-corrected chi connectivity index (χ2v) is 4.59. The van der Waals surface area contributed by atoms with Crippen LogP contribution in [0.1, 0.15) is 29.7 Å². The van der Waals surface area contributed by atoms with Gasteiger partial charge < -0.3 is 4.74 Å². The molecule has 2 rings (SSSR count). The molecule has 2 aromatic rings. The zero-order valence-electron chi connectivity index (χ0n) is 11.8. The van der Waals surface area contributed by atoms with Gasteiger partial charge >= 0.3 is 0 Å². The topological polar surface area (TPSA) is 62.4 Å². The molecule has 0 aliphatic rings. The van der Waals surface area contributed by atoms with Crippen molar-refractivity contribution in [2.75, 3.05) is 0 Å². The smallest absolute Gasteiger partial charge is 0.203 e. The van der Waals surface area contributed by atoms with Crippen LogP contribution in [0.25, 0.3) is 0 Å². The molecule has 0 saturated carbocycles. The van der Waals surface area contributed by atoms with Gasteiger partial charge in [-0.05, 0) is 28.8 Å². The zero-order chi connectivity index (χ0) is 15.1. The van der Waals surface area contributed by atoms with Crippen molar-refractivity contribution in [2.24, 2.45) is 5.18 Å². The average Bonchev–Trinajstić information content (AvgIpc) is 2.55. The van der Waals surface area contributed by atoms with Gasteiger partial charge in [0.25, 0.3) is 0 Å². The first-order valence-electron chi connectivity index (χ1n) is 6.80. The van der Waals surface area contributed by atoms with E-state index in [4.69, 9.17) is 10.00 Å². The number of nitriles is 1. The van der Waals surface area contributed by atoms with Gasteiger partial charge in [0.15, 0.2) is 0 Å². The quantitative estimate of drug-likeness (QED) is 0.746. The minimum absolute atomic E-state index is 0.306. The Kier molecular flexibility index (Phi) is 5.05. The molecule has 0 bridgehead atoms. The summed E-state index contributed by atoms with van der Waals surface area (Å²) in [6, 6.07) is 16.0. The van der Waals surface area contributed by atoms with E-state index in [2.05, 4.69) is 12.1 Å². The minimum Gasteiger partial charge on any atom is -0.489 e. The van der Waals surface area contributed by atoms with Crippen LogP contribution in [-0.2, 0) is 13.0 Å². The van der Waals surface area contributed by atoms with Crippen LogP contribution in [0.4, 0.5) is 0 Å². The monoisotopic (exact) mass is 280 g/mol. The van der Waals surface area contributed by atoms with E-state index in [-0.39, 0.29) is 0 Å². The predicted octanol–water partition coefficient (Wildman–Crippen LogP) is 4.16. The lowest BCUT2D eigenvalue weighted by Gasteiger charge is -2.13. The summed E-state index contributed by atoms with van der Waals surface area (Å²) in [5.74, 6) is 0.822. The van der Waals surface area contributed by atoms with Gasteiger partial charge in [-0.15, -0.1) is 4.91 Å². The van der Waals surface area contributed by atoms with Gasteiger partial charge in [-0.25, -0.2) is 0 Å². The first-order valence-corrected chi connectivity index (χ1v) is 6.80. The van der Waals surface area contributed by atoms with E-state index in [1.807, 2.05) is 42.5 Å². The molecule has 2 aromatic carbocycles. The standard InChI is InChI=1S/C17H16N2O2/c1-2-13-7-4-6-10-17(13)21-12-14-8-3-5-9-15(14)16(11-18)19-20/h3-10,16H,2,12H2,1H3. The summed E-state index contributed by atoms with van der Waals surface area (Å²) >= 11 is 0. The van der Waals surface area contributed by atoms with Gasteiger partial charge in [0.05, 0.1) is 6.07 Å². The second kappa shape index (κ2) is 7.20. The average molecular weight is 280 g/mol. The van der Waals surface area contributed by atoms with E-state index in [0.29, 0.717) is 12.2 Å². The summed E-state index contributed by atoms with van der Waals surface area (Å²) in [6.07, 6.45) is 0.883. The third kappa shape index (κ3) is 3.46. The first kappa shape index (κ1) is 14.7. The molecule has 4 nitrogen and oxygen atoms in total. The molecule has 4 heteroatoms. The van der Waals surface area contributed by atoms with Crippen LogP contribution < -0.4 is 4.74 Å². The van der Waals surface area contributed by atoms with E-state index in [1.165, 1.54) is 0 Å². The van der Waals surface area contributed by atoms with Crippen molar-refractivity contribution in [3.63, 3.8) is 0 Å². The fourth-order valence-electron chi connectivity index (χ4n) is 2.17. The van der Waals surface area contributed by atoms with Crippen molar-refractivity contribution in [1.29, 1.82) is 5.26 Å². The Balaban J connectivity index is 2.21. The molecule has 21 heavy (non-hydrogen) atoms. The number of hydrogen-bond donors (Lipinski definition) is 0. The third-order valence-corrected chi connectivity index (χ3v) is 3.31. The highest BCUT2D eigenvalue weighted by Crippen LogP contribution is 2.24. The van der Waals surface area contributed by atoms with Crippen molar-refractivity contribution in [3.05, 3.63) is 70.1 Å². The molecular weight excluding hydrogens is 264 g/mol. The predicted molar refractivity (Wildman–Crippen MR) is 80.7 cm³/mol. The van der Waals surface area contributed by atoms with Crippen LogP contribution in [-0.4, -0.2) is 0 Å². The number of nitroso groups, excluding NO2 is 1. The lowest BCUT2D eigenvalue weighted by Crippen LogP contribution is -2.03. The van der Waals surface area contributed by atoms with Crippen molar-refractivity contribution in [3.8, 4) is 11.8 Å². The third-order valence-electron chi connectivity index (χ3n) is 3.31. The molecule has 0 heterocycles. The highest BCUT2D eigenvalue weighted by atomic mass is 16.5. The number of rotatable bonds is 6. The normalized spacial score (nSPS) is 11.4. The molecule has 0 aliphatic heterocycles. The summed E-state index contributed by atoms with van der Waals surface area (Å²) in [6.45, 7) is 2.37. The SMILES string of the molecule is CCc1ccccc1OCc1ccccc1C(C#N)N=O. The molecule has 0 radical (unpaired) electrons. The van der Waals surface area contributed by atoms with Crippen molar-refractivity contribution < 1.29 is 4.74 Å². The number of aryl methyl sites for hydroxylation is 1. The zero-order valence-corrected chi connectivity index (χ0v) is 11.8. The Morgan fingerprint density at radius 1 is 1.14 bits per heavy atom. The van der Waals surface area contributed by atoms with Gasteiger partial charge in [-0.2, -0.15) is 5.26 Å². The van der Waals surface area contributed by atoms with Crippen molar-refractivity contribution in [2.45, 2.75) is 26.0 Å². The molecule has 0 fully saturated rings. The highest BCUT2D eigenvalue weighted by molar-refractivity contribution is 5.36. The number of ether oxygens (including phenoxy) is 1.